The molecule has 0 aliphatic carbocycles. The number of carbonyl (C=O) groups excluding carboxylic acids is 2. The van der Waals surface area contributed by atoms with E-state index in [-0.39, 0.29) is 24.4 Å². The second-order valence-corrected chi connectivity index (χ2v) is 5.23. The van der Waals surface area contributed by atoms with Gasteiger partial charge in [-0.25, -0.2) is 4.79 Å². The van der Waals surface area contributed by atoms with Gasteiger partial charge < -0.3 is 20.7 Å². The van der Waals surface area contributed by atoms with Crippen LogP contribution in [0.25, 0.3) is 0 Å². The van der Waals surface area contributed by atoms with Crippen molar-refractivity contribution in [1.82, 2.24) is 15.2 Å². The maximum absolute atomic E-state index is 11.9. The molecule has 3 amide bonds. The Morgan fingerprint density at radius 3 is 2.81 bits per heavy atom. The Morgan fingerprint density at radius 2 is 2.14 bits per heavy atom. The number of aromatic nitrogens is 1. The van der Waals surface area contributed by atoms with Gasteiger partial charge in [-0.05, 0) is 24.1 Å². The minimum Gasteiger partial charge on any atom is -0.379 e. The van der Waals surface area contributed by atoms with Crippen molar-refractivity contribution >= 4 is 11.9 Å². The highest BCUT2D eigenvalue weighted by Crippen LogP contribution is 2.18. The van der Waals surface area contributed by atoms with Crippen molar-refractivity contribution in [3.8, 4) is 0 Å². The number of hydrogen-bond acceptors (Lipinski definition) is 4. The van der Waals surface area contributed by atoms with Gasteiger partial charge in [-0.15, -0.1) is 0 Å². The molecule has 0 saturated carbocycles. The predicted molar refractivity (Wildman–Crippen MR) is 76.4 cm³/mol. The molecule has 2 atom stereocenters. The van der Waals surface area contributed by atoms with Crippen LogP contribution in [0.4, 0.5) is 4.79 Å². The summed E-state index contributed by atoms with van der Waals surface area (Å²) in [7, 11) is 1.49. The third kappa shape index (κ3) is 4.42. The Kier molecular flexibility index (Phi) is 5.10. The largest absolute Gasteiger partial charge is 0.379 e. The Balaban J connectivity index is 1.87. The highest BCUT2D eigenvalue weighted by atomic mass is 16.5. The number of amides is 3. The lowest BCUT2D eigenvalue weighted by Gasteiger charge is -2.21. The van der Waals surface area contributed by atoms with Crippen molar-refractivity contribution in [2.75, 3.05) is 26.8 Å². The maximum Gasteiger partial charge on any atom is 0.314 e. The Morgan fingerprint density at radius 1 is 1.43 bits per heavy atom. The van der Waals surface area contributed by atoms with E-state index in [4.69, 9.17) is 10.5 Å². The standard InChI is InChI=1S/C14H20N4O3/c1-18(14(15)20)7-13(19)17-12-9-21-8-11(12)6-10-2-4-16-5-3-10/h2-5,11-12H,6-9H2,1H3,(H2,15,20)(H,17,19)/t11-,12-/m1/s1. The van der Waals surface area contributed by atoms with Gasteiger partial charge in [-0.3, -0.25) is 9.78 Å². The van der Waals surface area contributed by atoms with Crippen molar-refractivity contribution in [1.29, 1.82) is 0 Å². The number of nitrogens with two attached hydrogens (primary N) is 1. The highest BCUT2D eigenvalue weighted by Gasteiger charge is 2.29. The lowest BCUT2D eigenvalue weighted by Crippen LogP contribution is -2.46. The van der Waals surface area contributed by atoms with E-state index in [1.54, 1.807) is 12.4 Å². The van der Waals surface area contributed by atoms with Crippen LogP contribution >= 0.6 is 0 Å². The van der Waals surface area contributed by atoms with Gasteiger partial charge in [0, 0.05) is 25.4 Å². The minimum absolute atomic E-state index is 0.0478. The zero-order valence-electron chi connectivity index (χ0n) is 12.0. The van der Waals surface area contributed by atoms with Gasteiger partial charge in [0.25, 0.3) is 0 Å². The SMILES string of the molecule is CN(CC(=O)N[C@@H]1COC[C@H]1Cc1ccncc1)C(N)=O. The Labute approximate surface area is 123 Å². The molecule has 0 spiro atoms. The quantitative estimate of drug-likeness (QED) is 0.783. The topological polar surface area (TPSA) is 97.6 Å². The molecule has 1 saturated heterocycles. The van der Waals surface area contributed by atoms with Crippen molar-refractivity contribution < 1.29 is 14.3 Å². The van der Waals surface area contributed by atoms with Gasteiger partial charge in [-0.2, -0.15) is 0 Å². The van der Waals surface area contributed by atoms with Crippen LogP contribution in [0.3, 0.4) is 0 Å². The summed E-state index contributed by atoms with van der Waals surface area (Å²) in [6.07, 6.45) is 4.32. The number of hydrogen-bond donors (Lipinski definition) is 2. The van der Waals surface area contributed by atoms with Crippen LogP contribution in [-0.2, 0) is 16.0 Å². The molecule has 0 unspecified atom stereocenters. The molecular weight excluding hydrogens is 272 g/mol. The second-order valence-electron chi connectivity index (χ2n) is 5.23. The molecular formula is C14H20N4O3. The number of primary amides is 1. The number of urea groups is 1. The number of carbonyl (C=O) groups is 2. The van der Waals surface area contributed by atoms with Crippen molar-refractivity contribution in [2.24, 2.45) is 11.7 Å². The van der Waals surface area contributed by atoms with Gasteiger partial charge in [-0.1, -0.05) is 0 Å². The monoisotopic (exact) mass is 292 g/mol. The molecule has 1 aromatic heterocycles. The third-order valence-electron chi connectivity index (χ3n) is 3.55. The van der Waals surface area contributed by atoms with Gasteiger partial charge in [0.1, 0.15) is 6.54 Å². The lowest BCUT2D eigenvalue weighted by molar-refractivity contribution is -0.122. The third-order valence-corrected chi connectivity index (χ3v) is 3.55. The molecule has 21 heavy (non-hydrogen) atoms. The minimum atomic E-state index is -0.624. The van der Waals surface area contributed by atoms with E-state index >= 15 is 0 Å². The molecule has 7 heteroatoms. The molecule has 0 aromatic carbocycles. The average Bonchev–Trinajstić information content (AvgIpc) is 2.86. The van der Waals surface area contributed by atoms with Crippen LogP contribution in [0.15, 0.2) is 24.5 Å². The van der Waals surface area contributed by atoms with Gasteiger partial charge in [0.2, 0.25) is 5.91 Å². The zero-order valence-corrected chi connectivity index (χ0v) is 12.0. The lowest BCUT2D eigenvalue weighted by atomic mass is 9.95. The van der Waals surface area contributed by atoms with Gasteiger partial charge >= 0.3 is 6.03 Å². The summed E-state index contributed by atoms with van der Waals surface area (Å²) >= 11 is 0. The smallest absolute Gasteiger partial charge is 0.314 e. The second kappa shape index (κ2) is 7.03. The van der Waals surface area contributed by atoms with Crippen molar-refractivity contribution in [3.05, 3.63) is 30.1 Å². The molecule has 0 bridgehead atoms. The molecule has 0 radical (unpaired) electrons. The molecule has 1 aliphatic rings. The van der Waals surface area contributed by atoms with Gasteiger partial charge in [0.15, 0.2) is 0 Å². The zero-order chi connectivity index (χ0) is 15.2. The van der Waals surface area contributed by atoms with Crippen molar-refractivity contribution in [2.45, 2.75) is 12.5 Å². The number of nitrogens with one attached hydrogen (secondary N) is 1. The molecule has 3 N–H and O–H groups in total. The van der Waals surface area contributed by atoms with Crippen LogP contribution in [0.5, 0.6) is 0 Å². The first-order chi connectivity index (χ1) is 10.1. The number of nitrogens with zero attached hydrogens (tertiary/aromatic N) is 2. The van der Waals surface area contributed by atoms with E-state index in [0.29, 0.717) is 13.2 Å². The number of ether oxygens (including phenoxy) is 1. The fourth-order valence-electron chi connectivity index (χ4n) is 2.33. The molecule has 1 aromatic rings. The molecule has 1 fully saturated rings. The van der Waals surface area contributed by atoms with Crippen LogP contribution in [0.2, 0.25) is 0 Å². The Hall–Kier alpha value is -2.15. The molecule has 114 valence electrons. The fraction of sp³-hybridized carbons (Fsp3) is 0.500. The summed E-state index contributed by atoms with van der Waals surface area (Å²) in [5, 5.41) is 2.91. The maximum atomic E-state index is 11.9. The molecule has 2 rings (SSSR count). The summed E-state index contributed by atoms with van der Waals surface area (Å²) in [5.74, 6) is -0.0123. The number of rotatable bonds is 5. The van der Waals surface area contributed by atoms with E-state index in [1.807, 2.05) is 12.1 Å². The van der Waals surface area contributed by atoms with E-state index in [2.05, 4.69) is 10.3 Å². The molecule has 1 aliphatic heterocycles. The summed E-state index contributed by atoms with van der Waals surface area (Å²) < 4.78 is 5.46. The average molecular weight is 292 g/mol. The fourth-order valence-corrected chi connectivity index (χ4v) is 2.33. The van der Waals surface area contributed by atoms with E-state index in [0.717, 1.165) is 12.0 Å². The molecule has 7 nitrogen and oxygen atoms in total. The van der Waals surface area contributed by atoms with Crippen LogP contribution in [-0.4, -0.2) is 54.7 Å². The van der Waals surface area contributed by atoms with Crippen LogP contribution < -0.4 is 11.1 Å². The highest BCUT2D eigenvalue weighted by molar-refractivity contribution is 5.83. The summed E-state index contributed by atoms with van der Waals surface area (Å²) in [5.41, 5.74) is 6.26. The van der Waals surface area contributed by atoms with Crippen LogP contribution in [0.1, 0.15) is 5.56 Å². The van der Waals surface area contributed by atoms with Gasteiger partial charge in [0.05, 0.1) is 19.3 Å². The summed E-state index contributed by atoms with van der Waals surface area (Å²) in [6, 6.07) is 3.24. The van der Waals surface area contributed by atoms with E-state index < -0.39 is 6.03 Å². The van der Waals surface area contributed by atoms with Crippen LogP contribution in [0, 0.1) is 5.92 Å². The van der Waals surface area contributed by atoms with Crippen molar-refractivity contribution in [3.63, 3.8) is 0 Å². The summed E-state index contributed by atoms with van der Waals surface area (Å²) in [6.45, 7) is 1.05. The number of pyridine rings is 1. The first-order valence-electron chi connectivity index (χ1n) is 6.83. The molecule has 2 heterocycles. The first-order valence-corrected chi connectivity index (χ1v) is 6.83. The predicted octanol–water partition coefficient (Wildman–Crippen LogP) is -0.234. The Bertz CT molecular complexity index is 494. The van der Waals surface area contributed by atoms with E-state index in [9.17, 15) is 9.59 Å². The first kappa shape index (κ1) is 15.2. The summed E-state index contributed by atoms with van der Waals surface area (Å²) in [4.78, 5) is 28.0. The van der Waals surface area contributed by atoms with E-state index in [1.165, 1.54) is 11.9 Å². The normalized spacial score (nSPS) is 21.0. The number of likely N-dealkylation sites (N-methyl/N-ethyl adjacent to an activating group) is 1.